The molecule has 1 aliphatic rings. The van der Waals surface area contributed by atoms with Gasteiger partial charge in [-0.2, -0.15) is 0 Å². The molecule has 7 N–H and O–H groups in total. The van der Waals surface area contributed by atoms with Gasteiger partial charge in [0, 0.05) is 24.9 Å². The van der Waals surface area contributed by atoms with Crippen LogP contribution in [0.25, 0.3) is 0 Å². The van der Waals surface area contributed by atoms with Gasteiger partial charge in [-0.05, 0) is 23.1 Å². The van der Waals surface area contributed by atoms with Crippen LogP contribution in [-0.2, 0) is 19.0 Å². The Morgan fingerprint density at radius 3 is 1.92 bits per heavy atom. The third-order valence-electron chi connectivity index (χ3n) is 7.86. The molecule has 0 bridgehead atoms. The van der Waals surface area contributed by atoms with Crippen LogP contribution in [0.2, 0.25) is 0 Å². The van der Waals surface area contributed by atoms with Gasteiger partial charge in [-0.15, -0.1) is 18.3 Å². The predicted molar refractivity (Wildman–Crippen MR) is 197 cm³/mol. The van der Waals surface area contributed by atoms with E-state index in [4.69, 9.17) is 20.9 Å². The topological polar surface area (TPSA) is 173 Å². The van der Waals surface area contributed by atoms with Crippen LogP contribution >= 0.6 is 11.8 Å². The van der Waals surface area contributed by atoms with Gasteiger partial charge in [0.25, 0.3) is 0 Å². The smallest absolute Gasteiger partial charge is 0.410 e. The first-order valence-corrected chi connectivity index (χ1v) is 17.2. The predicted octanol–water partition coefficient (Wildman–Crippen LogP) is 3.69. The molecule has 1 fully saturated rings. The highest BCUT2D eigenvalue weighted by atomic mass is 32.2. The Hall–Kier alpha value is -5.27. The van der Waals surface area contributed by atoms with Crippen molar-refractivity contribution < 1.29 is 23.9 Å². The Labute approximate surface area is 297 Å². The van der Waals surface area contributed by atoms with Crippen LogP contribution in [-0.4, -0.2) is 85.8 Å². The average Bonchev–Trinajstić information content (AvgIpc) is 3.57. The number of hydrogen-bond donors (Lipinski definition) is 5. The molecule has 1 unspecified atom stereocenters. The van der Waals surface area contributed by atoms with Crippen molar-refractivity contribution in [3.8, 4) is 0 Å². The first kappa shape index (κ1) is 37.5. The Morgan fingerprint density at radius 2 is 1.40 bits per heavy atom. The molecule has 0 spiro atoms. The van der Waals surface area contributed by atoms with E-state index in [1.54, 1.807) is 11.8 Å². The molecule has 4 rings (SSSR count). The number of hydrogen-bond acceptors (Lipinski definition) is 7. The molecule has 3 aromatic rings. The van der Waals surface area contributed by atoms with Crippen LogP contribution in [0.1, 0.15) is 23.1 Å². The van der Waals surface area contributed by atoms with Crippen molar-refractivity contribution in [3.63, 3.8) is 0 Å². The summed E-state index contributed by atoms with van der Waals surface area (Å²) in [5.41, 5.74) is 14.1. The highest BCUT2D eigenvalue weighted by Crippen LogP contribution is 2.52. The molecular weight excluding hydrogens is 655 g/mol. The molecule has 0 radical (unpaired) electrons. The third kappa shape index (κ3) is 10.1. The number of carbonyl (C=O) groups excluding carboxylic acids is 3. The van der Waals surface area contributed by atoms with E-state index in [1.165, 1.54) is 17.1 Å². The maximum Gasteiger partial charge on any atom is 0.410 e. The fraction of sp³-hybridized carbons (Fsp3) is 0.297. The SMILES string of the molecule is C=CCOC(=O)N1C[C@@H](SC(c2ccccc2)(c2ccccc2)c2ccccc2)C[C@H]1C(=O)NCCNC(=O)NCC(N=C(N)N)OCC=C. The van der Waals surface area contributed by atoms with Gasteiger partial charge in [0.1, 0.15) is 12.6 Å². The average molecular weight is 700 g/mol. The summed E-state index contributed by atoms with van der Waals surface area (Å²) in [5, 5.41) is 8.03. The van der Waals surface area contributed by atoms with Crippen LogP contribution in [0.4, 0.5) is 9.59 Å². The standard InChI is InChI=1S/C37H45N7O5S/c1-3-22-48-32(43-34(38)39)25-42-35(46)41-21-20-40-33(45)31-24-30(26-44(31)36(47)49-23-4-2)50-37(27-14-8-5-9-15-27,28-16-10-6-11-17-28)29-18-12-7-13-19-29/h3-19,30-32H,1-2,20-26H2,(H,40,45)(H4,38,39,43)(H2,41,42,46)/t30-,31-,32?/m0/s1. The zero-order valence-electron chi connectivity index (χ0n) is 27.9. The highest BCUT2D eigenvalue weighted by molar-refractivity contribution is 8.01. The van der Waals surface area contributed by atoms with E-state index in [1.807, 2.05) is 54.6 Å². The van der Waals surface area contributed by atoms with Gasteiger partial charge < -0.3 is 36.9 Å². The number of aliphatic imine (C=N–C) groups is 1. The van der Waals surface area contributed by atoms with Crippen molar-refractivity contribution in [2.45, 2.75) is 28.7 Å². The summed E-state index contributed by atoms with van der Waals surface area (Å²) < 4.78 is 10.2. The van der Waals surface area contributed by atoms with Crippen molar-refractivity contribution in [2.24, 2.45) is 16.5 Å². The Kier molecular flexibility index (Phi) is 14.3. The molecule has 3 aromatic carbocycles. The number of ether oxygens (including phenoxy) is 2. The first-order valence-electron chi connectivity index (χ1n) is 16.3. The zero-order chi connectivity index (χ0) is 35.8. The number of nitrogens with one attached hydrogen (secondary N) is 3. The number of benzene rings is 3. The number of urea groups is 1. The van der Waals surface area contributed by atoms with E-state index in [-0.39, 0.29) is 50.0 Å². The van der Waals surface area contributed by atoms with Crippen molar-refractivity contribution >= 4 is 35.8 Å². The molecule has 1 heterocycles. The molecule has 50 heavy (non-hydrogen) atoms. The molecule has 1 saturated heterocycles. The van der Waals surface area contributed by atoms with Crippen molar-refractivity contribution in [1.82, 2.24) is 20.9 Å². The lowest BCUT2D eigenvalue weighted by Gasteiger charge is -2.37. The summed E-state index contributed by atoms with van der Waals surface area (Å²) in [6.45, 7) is 8.00. The number of amides is 4. The van der Waals surface area contributed by atoms with Crippen LogP contribution in [0.5, 0.6) is 0 Å². The maximum absolute atomic E-state index is 13.6. The molecule has 264 valence electrons. The van der Waals surface area contributed by atoms with Gasteiger partial charge >= 0.3 is 12.1 Å². The summed E-state index contributed by atoms with van der Waals surface area (Å²) in [4.78, 5) is 44.7. The minimum absolute atomic E-state index is 0.0171. The lowest BCUT2D eigenvalue weighted by Crippen LogP contribution is -2.48. The fourth-order valence-corrected chi connectivity index (χ4v) is 7.56. The van der Waals surface area contributed by atoms with E-state index < -0.39 is 29.1 Å². The van der Waals surface area contributed by atoms with Gasteiger partial charge in [0.2, 0.25) is 5.91 Å². The fourth-order valence-electron chi connectivity index (χ4n) is 5.73. The van der Waals surface area contributed by atoms with E-state index in [0.29, 0.717) is 13.0 Å². The molecule has 0 aliphatic carbocycles. The molecule has 0 aromatic heterocycles. The van der Waals surface area contributed by atoms with E-state index in [9.17, 15) is 14.4 Å². The van der Waals surface area contributed by atoms with Gasteiger partial charge in [-0.25, -0.2) is 14.6 Å². The third-order valence-corrected chi connectivity index (χ3v) is 9.59. The number of likely N-dealkylation sites (tertiary alicyclic amines) is 1. The molecule has 12 nitrogen and oxygen atoms in total. The van der Waals surface area contributed by atoms with Gasteiger partial charge in [0.05, 0.1) is 17.9 Å². The van der Waals surface area contributed by atoms with Crippen molar-refractivity contribution in [2.75, 3.05) is 39.4 Å². The Bertz CT molecular complexity index is 1490. The van der Waals surface area contributed by atoms with Crippen LogP contribution < -0.4 is 27.4 Å². The monoisotopic (exact) mass is 699 g/mol. The number of nitrogens with two attached hydrogens (primary N) is 2. The lowest BCUT2D eigenvalue weighted by atomic mass is 9.84. The lowest BCUT2D eigenvalue weighted by molar-refractivity contribution is -0.125. The molecule has 0 saturated carbocycles. The molecule has 1 aliphatic heterocycles. The quantitative estimate of drug-likeness (QED) is 0.0467. The second kappa shape index (κ2) is 19.1. The highest BCUT2D eigenvalue weighted by Gasteiger charge is 2.46. The first-order chi connectivity index (χ1) is 24.3. The normalized spacial score (nSPS) is 16.0. The minimum Gasteiger partial charge on any atom is -0.445 e. The van der Waals surface area contributed by atoms with E-state index in [2.05, 4.69) is 70.5 Å². The summed E-state index contributed by atoms with van der Waals surface area (Å²) in [6, 6.07) is 29.5. The second-order valence-electron chi connectivity index (χ2n) is 11.3. The van der Waals surface area contributed by atoms with E-state index in [0.717, 1.165) is 16.7 Å². The molecule has 3 atom stereocenters. The number of guanidine groups is 1. The minimum atomic E-state index is -0.791. The largest absolute Gasteiger partial charge is 0.445 e. The second-order valence-corrected chi connectivity index (χ2v) is 12.9. The van der Waals surface area contributed by atoms with E-state index >= 15 is 0 Å². The summed E-state index contributed by atoms with van der Waals surface area (Å²) in [5.74, 6) is -0.522. The van der Waals surface area contributed by atoms with Crippen LogP contribution in [0.3, 0.4) is 0 Å². The van der Waals surface area contributed by atoms with Gasteiger partial charge in [0.15, 0.2) is 12.2 Å². The number of nitrogens with zero attached hydrogens (tertiary/aromatic N) is 2. The molecule has 13 heteroatoms. The molecular formula is C37H45N7O5S. The summed E-state index contributed by atoms with van der Waals surface area (Å²) in [7, 11) is 0. The van der Waals surface area contributed by atoms with Crippen molar-refractivity contribution in [3.05, 3.63) is 133 Å². The Balaban J connectivity index is 1.48. The van der Waals surface area contributed by atoms with Gasteiger partial charge in [-0.3, -0.25) is 9.69 Å². The number of rotatable bonds is 17. The van der Waals surface area contributed by atoms with Gasteiger partial charge in [-0.1, -0.05) is 110 Å². The summed E-state index contributed by atoms with van der Waals surface area (Å²) in [6.07, 6.45) is 2.04. The maximum atomic E-state index is 13.6. The number of thioether (sulfide) groups is 1. The molecule has 4 amide bonds. The summed E-state index contributed by atoms with van der Waals surface area (Å²) >= 11 is 1.72. The van der Waals surface area contributed by atoms with Crippen LogP contribution in [0.15, 0.2) is 121 Å². The number of carbonyl (C=O) groups is 3. The van der Waals surface area contributed by atoms with Crippen LogP contribution in [0, 0.1) is 0 Å². The Morgan fingerprint density at radius 1 is 0.860 bits per heavy atom. The van der Waals surface area contributed by atoms with Crippen molar-refractivity contribution in [1.29, 1.82) is 0 Å². The zero-order valence-corrected chi connectivity index (χ0v) is 28.7.